The second-order valence-electron chi connectivity index (χ2n) is 6.52. The first-order valence-corrected chi connectivity index (χ1v) is 8.47. The first kappa shape index (κ1) is 17.0. The van der Waals surface area contributed by atoms with Crippen LogP contribution in [-0.4, -0.2) is 32.1 Å². The third kappa shape index (κ3) is 4.56. The molecule has 1 aromatic carbocycles. The highest BCUT2D eigenvalue weighted by molar-refractivity contribution is 5.44. The van der Waals surface area contributed by atoms with Gasteiger partial charge in [0.2, 0.25) is 0 Å². The van der Waals surface area contributed by atoms with Crippen LogP contribution in [0.4, 0.5) is 0 Å². The summed E-state index contributed by atoms with van der Waals surface area (Å²) in [5.74, 6) is 0.418. The van der Waals surface area contributed by atoms with Crippen molar-refractivity contribution in [1.29, 1.82) is 0 Å². The lowest BCUT2D eigenvalue weighted by atomic mass is 9.91. The molecule has 0 bridgehead atoms. The van der Waals surface area contributed by atoms with E-state index in [-0.39, 0.29) is 0 Å². The summed E-state index contributed by atoms with van der Waals surface area (Å²) in [6.07, 6.45) is 9.48. The molecule has 1 N–H and O–H groups in total. The summed E-state index contributed by atoms with van der Waals surface area (Å²) in [5, 5.41) is 3.65. The van der Waals surface area contributed by atoms with Crippen molar-refractivity contribution in [3.05, 3.63) is 59.2 Å². The third-order valence-corrected chi connectivity index (χ3v) is 4.21. The Bertz CT molecular complexity index is 528. The molecular weight excluding hydrogens is 268 g/mol. The van der Waals surface area contributed by atoms with E-state index in [4.69, 9.17) is 0 Å². The van der Waals surface area contributed by atoms with Crippen molar-refractivity contribution in [1.82, 2.24) is 10.2 Å². The highest BCUT2D eigenvalue weighted by atomic mass is 15.0. The van der Waals surface area contributed by atoms with E-state index >= 15 is 0 Å². The average Bonchev–Trinajstić information content (AvgIpc) is 2.95. The van der Waals surface area contributed by atoms with Crippen molar-refractivity contribution in [2.45, 2.75) is 38.6 Å². The fourth-order valence-corrected chi connectivity index (χ4v) is 3.05. The summed E-state index contributed by atoms with van der Waals surface area (Å²) < 4.78 is 0. The molecule has 0 saturated heterocycles. The molecule has 0 fully saturated rings. The van der Waals surface area contributed by atoms with Crippen LogP contribution in [0.2, 0.25) is 0 Å². The summed E-state index contributed by atoms with van der Waals surface area (Å²) >= 11 is 0. The topological polar surface area (TPSA) is 15.3 Å². The molecule has 0 spiro atoms. The number of unbranched alkanes of at least 4 members (excludes halogenated alkanes) is 1. The molecule has 0 amide bonds. The number of likely N-dealkylation sites (N-methyl/N-ethyl adjacent to an activating group) is 1. The van der Waals surface area contributed by atoms with E-state index in [9.17, 15) is 0 Å². The van der Waals surface area contributed by atoms with Crippen LogP contribution >= 0.6 is 0 Å². The number of nitrogens with one attached hydrogen (secondary N) is 1. The maximum atomic E-state index is 3.65. The third-order valence-electron chi connectivity index (χ3n) is 4.21. The molecule has 1 aromatic rings. The van der Waals surface area contributed by atoms with Crippen molar-refractivity contribution in [3.63, 3.8) is 0 Å². The van der Waals surface area contributed by atoms with Crippen LogP contribution in [0.3, 0.4) is 0 Å². The zero-order valence-electron chi connectivity index (χ0n) is 14.5. The Kier molecular flexibility index (Phi) is 6.41. The summed E-state index contributed by atoms with van der Waals surface area (Å²) in [7, 11) is 4.24. The lowest BCUT2D eigenvalue weighted by molar-refractivity contribution is 0.449. The molecule has 2 unspecified atom stereocenters. The molecule has 0 aromatic heterocycles. The second kappa shape index (κ2) is 8.30. The summed E-state index contributed by atoms with van der Waals surface area (Å²) in [5.41, 5.74) is 4.27. The van der Waals surface area contributed by atoms with Gasteiger partial charge in [-0.3, -0.25) is 0 Å². The second-order valence-corrected chi connectivity index (χ2v) is 6.52. The van der Waals surface area contributed by atoms with Gasteiger partial charge in [0.05, 0.1) is 0 Å². The van der Waals surface area contributed by atoms with Crippen molar-refractivity contribution in [3.8, 4) is 0 Å². The zero-order chi connectivity index (χ0) is 15.9. The average molecular weight is 298 g/mol. The smallest absolute Gasteiger partial charge is 0.0294 e. The van der Waals surface area contributed by atoms with Gasteiger partial charge in [-0.2, -0.15) is 0 Å². The maximum absolute atomic E-state index is 3.65. The van der Waals surface area contributed by atoms with Crippen LogP contribution < -0.4 is 5.32 Å². The maximum Gasteiger partial charge on any atom is 0.0294 e. The van der Waals surface area contributed by atoms with Crippen LogP contribution in [0.15, 0.2) is 48.1 Å². The molecule has 0 aliphatic heterocycles. The summed E-state index contributed by atoms with van der Waals surface area (Å²) in [4.78, 5) is 2.22. The predicted molar refractivity (Wildman–Crippen MR) is 96.3 cm³/mol. The number of benzene rings is 1. The molecule has 2 heteroatoms. The first-order chi connectivity index (χ1) is 10.6. The van der Waals surface area contributed by atoms with E-state index < -0.39 is 0 Å². The van der Waals surface area contributed by atoms with Crippen LogP contribution in [0.1, 0.15) is 49.8 Å². The molecule has 0 radical (unpaired) electrons. The lowest BCUT2D eigenvalue weighted by Gasteiger charge is -2.20. The molecule has 2 rings (SSSR count). The zero-order valence-corrected chi connectivity index (χ0v) is 14.5. The van der Waals surface area contributed by atoms with E-state index in [1.807, 2.05) is 0 Å². The molecule has 0 heterocycles. The number of allylic oxidation sites excluding steroid dienone is 2. The molecule has 2 nitrogen and oxygen atoms in total. The highest BCUT2D eigenvalue weighted by Crippen LogP contribution is 2.31. The van der Waals surface area contributed by atoms with E-state index in [0.29, 0.717) is 12.0 Å². The van der Waals surface area contributed by atoms with E-state index in [2.05, 4.69) is 80.7 Å². The van der Waals surface area contributed by atoms with Crippen LogP contribution in [0.25, 0.3) is 0 Å². The van der Waals surface area contributed by atoms with Gasteiger partial charge in [0, 0.05) is 18.5 Å². The normalized spacial score (nSPS) is 18.8. The Hall–Kier alpha value is -1.38. The van der Waals surface area contributed by atoms with Crippen molar-refractivity contribution < 1.29 is 0 Å². The first-order valence-electron chi connectivity index (χ1n) is 8.47. The molecule has 2 atom stereocenters. The SMILES string of the molecule is CCCCNC(C)c1ccccc1C1C=CC(CN(C)C)=C1. The van der Waals surface area contributed by atoms with E-state index in [1.54, 1.807) is 0 Å². The van der Waals surface area contributed by atoms with Crippen LogP contribution in [-0.2, 0) is 0 Å². The summed E-state index contributed by atoms with van der Waals surface area (Å²) in [6.45, 7) is 6.62. The van der Waals surface area contributed by atoms with Gasteiger partial charge >= 0.3 is 0 Å². The predicted octanol–water partition coefficient (Wildman–Crippen LogP) is 4.28. The number of rotatable bonds is 8. The van der Waals surface area contributed by atoms with Gasteiger partial charge in [-0.25, -0.2) is 0 Å². The highest BCUT2D eigenvalue weighted by Gasteiger charge is 2.17. The van der Waals surface area contributed by atoms with Gasteiger partial charge < -0.3 is 10.2 Å². The molecule has 1 aliphatic rings. The minimum absolute atomic E-state index is 0.405. The van der Waals surface area contributed by atoms with Crippen LogP contribution in [0, 0.1) is 0 Å². The number of nitrogens with zero attached hydrogens (tertiary/aromatic N) is 1. The molecule has 22 heavy (non-hydrogen) atoms. The van der Waals surface area contributed by atoms with Crippen molar-refractivity contribution in [2.75, 3.05) is 27.2 Å². The fourth-order valence-electron chi connectivity index (χ4n) is 3.05. The minimum atomic E-state index is 0.405. The number of hydrogen-bond acceptors (Lipinski definition) is 2. The number of hydrogen-bond donors (Lipinski definition) is 1. The molecule has 1 aliphatic carbocycles. The van der Waals surface area contributed by atoms with Crippen LogP contribution in [0.5, 0.6) is 0 Å². The molecular formula is C20H30N2. The Morgan fingerprint density at radius 3 is 2.73 bits per heavy atom. The van der Waals surface area contributed by atoms with E-state index in [0.717, 1.165) is 13.1 Å². The van der Waals surface area contributed by atoms with Gasteiger partial charge in [0.25, 0.3) is 0 Å². The Morgan fingerprint density at radius 2 is 2.00 bits per heavy atom. The Balaban J connectivity index is 2.12. The minimum Gasteiger partial charge on any atom is -0.310 e. The molecule has 0 saturated carbocycles. The standard InChI is InChI=1S/C20H30N2/c1-5-6-13-21-16(2)19-9-7-8-10-20(19)18-12-11-17(14-18)15-22(3)4/h7-12,14,16,18,21H,5-6,13,15H2,1-4H3. The van der Waals surface area contributed by atoms with Gasteiger partial charge in [0.15, 0.2) is 0 Å². The van der Waals surface area contributed by atoms with Gasteiger partial charge in [-0.05, 0) is 50.7 Å². The Labute approximate surface area is 135 Å². The molecule has 120 valence electrons. The van der Waals surface area contributed by atoms with Gasteiger partial charge in [-0.15, -0.1) is 0 Å². The van der Waals surface area contributed by atoms with Crippen molar-refractivity contribution >= 4 is 0 Å². The fraction of sp³-hybridized carbons (Fsp3) is 0.500. The van der Waals surface area contributed by atoms with Crippen molar-refractivity contribution in [2.24, 2.45) is 0 Å². The summed E-state index contributed by atoms with van der Waals surface area (Å²) in [6, 6.07) is 9.26. The quantitative estimate of drug-likeness (QED) is 0.721. The largest absolute Gasteiger partial charge is 0.310 e. The lowest BCUT2D eigenvalue weighted by Crippen LogP contribution is -2.21. The van der Waals surface area contributed by atoms with E-state index in [1.165, 1.54) is 29.5 Å². The monoisotopic (exact) mass is 298 g/mol. The van der Waals surface area contributed by atoms with Gasteiger partial charge in [-0.1, -0.05) is 55.8 Å². The van der Waals surface area contributed by atoms with Gasteiger partial charge in [0.1, 0.15) is 0 Å². The Morgan fingerprint density at radius 1 is 1.23 bits per heavy atom.